The summed E-state index contributed by atoms with van der Waals surface area (Å²) in [5.41, 5.74) is 4.78. The molecule has 5 nitrogen and oxygen atoms in total. The Morgan fingerprint density at radius 1 is 1.03 bits per heavy atom. The first-order valence-electron chi connectivity index (χ1n) is 10.1. The van der Waals surface area contributed by atoms with E-state index in [1.54, 1.807) is 14.2 Å². The molecule has 0 spiro atoms. The average molecular weight is 435 g/mol. The van der Waals surface area contributed by atoms with Gasteiger partial charge in [-0.1, -0.05) is 29.8 Å². The van der Waals surface area contributed by atoms with Gasteiger partial charge in [0.05, 0.1) is 31.8 Å². The van der Waals surface area contributed by atoms with Crippen molar-refractivity contribution < 1.29 is 14.3 Å². The molecule has 0 fully saturated rings. The third-order valence-corrected chi connectivity index (χ3v) is 6.28. The zero-order valence-electron chi connectivity index (χ0n) is 17.7. The summed E-state index contributed by atoms with van der Waals surface area (Å²) in [6, 6.07) is 15.5. The van der Waals surface area contributed by atoms with Crippen LogP contribution in [-0.4, -0.2) is 20.0 Å². The molecule has 6 heteroatoms. The fourth-order valence-electron chi connectivity index (χ4n) is 4.52. The lowest BCUT2D eigenvalue weighted by atomic mass is 9.72. The van der Waals surface area contributed by atoms with Crippen molar-refractivity contribution in [3.63, 3.8) is 0 Å². The molecule has 0 unspecified atom stereocenters. The lowest BCUT2D eigenvalue weighted by molar-refractivity contribution is -0.116. The molecule has 1 N–H and O–H groups in total. The van der Waals surface area contributed by atoms with Crippen LogP contribution >= 0.6 is 11.6 Å². The molecule has 0 saturated heterocycles. The molecule has 2 aromatic rings. The van der Waals surface area contributed by atoms with Crippen LogP contribution in [-0.2, 0) is 4.79 Å². The van der Waals surface area contributed by atoms with Crippen LogP contribution in [0.25, 0.3) is 0 Å². The van der Waals surface area contributed by atoms with Crippen LogP contribution in [0.2, 0.25) is 5.02 Å². The highest BCUT2D eigenvalue weighted by molar-refractivity contribution is 6.30. The summed E-state index contributed by atoms with van der Waals surface area (Å²) in [7, 11) is 3.15. The maximum absolute atomic E-state index is 13.4. The topological polar surface area (TPSA) is 71.3 Å². The summed E-state index contributed by atoms with van der Waals surface area (Å²) in [6.07, 6.45) is 1.09. The molecule has 0 radical (unpaired) electrons. The van der Waals surface area contributed by atoms with Gasteiger partial charge in [0.1, 0.15) is 0 Å². The second kappa shape index (κ2) is 8.49. The van der Waals surface area contributed by atoms with E-state index in [9.17, 15) is 10.1 Å². The van der Waals surface area contributed by atoms with E-state index in [1.807, 2.05) is 49.4 Å². The minimum atomic E-state index is -0.431. The highest BCUT2D eigenvalue weighted by Crippen LogP contribution is 2.46. The number of rotatable bonds is 4. The summed E-state index contributed by atoms with van der Waals surface area (Å²) in [6.45, 7) is 1.88. The van der Waals surface area contributed by atoms with Crippen molar-refractivity contribution in [1.82, 2.24) is 5.32 Å². The number of Topliss-reactive ketones (excluding diaryl/α,β-unsaturated/α-hetero) is 1. The second-order valence-corrected chi connectivity index (χ2v) is 8.23. The smallest absolute Gasteiger partial charge is 0.162 e. The first-order chi connectivity index (χ1) is 15.0. The van der Waals surface area contributed by atoms with Crippen molar-refractivity contribution in [3.05, 3.63) is 81.2 Å². The normalized spacial score (nSPS) is 20.7. The number of carbonyl (C=O) groups is 1. The van der Waals surface area contributed by atoms with Crippen molar-refractivity contribution >= 4 is 17.4 Å². The number of nitriles is 1. The molecule has 31 heavy (non-hydrogen) atoms. The lowest BCUT2D eigenvalue weighted by Crippen LogP contribution is -2.33. The molecule has 2 aliphatic rings. The SMILES string of the molecule is COc1ccc([C@@H]2C(C#N)=C(C)NC3=C2C(=O)C[C@@H](c2ccc(Cl)cc2)C3)cc1OC. The van der Waals surface area contributed by atoms with Gasteiger partial charge in [-0.25, -0.2) is 0 Å². The van der Waals surface area contributed by atoms with Crippen molar-refractivity contribution in [1.29, 1.82) is 5.26 Å². The van der Waals surface area contributed by atoms with Crippen LogP contribution in [0.3, 0.4) is 0 Å². The molecule has 2 aromatic carbocycles. The predicted molar refractivity (Wildman–Crippen MR) is 119 cm³/mol. The van der Waals surface area contributed by atoms with Gasteiger partial charge in [0.15, 0.2) is 17.3 Å². The van der Waals surface area contributed by atoms with E-state index in [0.717, 1.165) is 22.5 Å². The molecule has 4 rings (SSSR count). The molecular formula is C25H23ClN2O3. The molecule has 2 atom stereocenters. The zero-order chi connectivity index (χ0) is 22.1. The highest BCUT2D eigenvalue weighted by atomic mass is 35.5. The number of methoxy groups -OCH3 is 2. The van der Waals surface area contributed by atoms with Crippen LogP contribution in [0.1, 0.15) is 42.7 Å². The monoisotopic (exact) mass is 434 g/mol. The second-order valence-electron chi connectivity index (χ2n) is 7.80. The number of carbonyl (C=O) groups excluding carboxylic acids is 1. The van der Waals surface area contributed by atoms with E-state index in [4.69, 9.17) is 21.1 Å². The molecule has 1 heterocycles. The maximum Gasteiger partial charge on any atom is 0.162 e. The van der Waals surface area contributed by atoms with Crippen LogP contribution in [0.15, 0.2) is 65.0 Å². The van der Waals surface area contributed by atoms with Gasteiger partial charge >= 0.3 is 0 Å². The number of hydrogen-bond acceptors (Lipinski definition) is 5. The van der Waals surface area contributed by atoms with Gasteiger partial charge in [-0.2, -0.15) is 5.26 Å². The van der Waals surface area contributed by atoms with Gasteiger partial charge in [-0.05, 0) is 54.7 Å². The fraction of sp³-hybridized carbons (Fsp3) is 0.280. The minimum absolute atomic E-state index is 0.0498. The number of allylic oxidation sites excluding steroid dienone is 4. The number of nitrogens with one attached hydrogen (secondary N) is 1. The quantitative estimate of drug-likeness (QED) is 0.712. The van der Waals surface area contributed by atoms with Gasteiger partial charge in [0, 0.05) is 28.4 Å². The molecule has 1 aliphatic heterocycles. The Hall–Kier alpha value is -3.23. The van der Waals surface area contributed by atoms with Crippen molar-refractivity contribution in [2.45, 2.75) is 31.6 Å². The van der Waals surface area contributed by atoms with E-state index in [1.165, 1.54) is 0 Å². The Kier molecular flexibility index (Phi) is 5.75. The largest absolute Gasteiger partial charge is 0.493 e. The molecule has 1 aliphatic carbocycles. The Labute approximate surface area is 186 Å². The molecule has 0 aromatic heterocycles. The summed E-state index contributed by atoms with van der Waals surface area (Å²) in [4.78, 5) is 13.4. The van der Waals surface area contributed by atoms with Gasteiger partial charge < -0.3 is 14.8 Å². The summed E-state index contributed by atoms with van der Waals surface area (Å²) >= 11 is 6.03. The number of halogens is 1. The summed E-state index contributed by atoms with van der Waals surface area (Å²) in [5, 5.41) is 13.9. The third-order valence-electron chi connectivity index (χ3n) is 6.03. The van der Waals surface area contributed by atoms with Gasteiger partial charge in [0.25, 0.3) is 0 Å². The van der Waals surface area contributed by atoms with Gasteiger partial charge in [0.2, 0.25) is 0 Å². The Balaban J connectivity index is 1.79. The average Bonchev–Trinajstić information content (AvgIpc) is 2.78. The number of nitrogens with zero attached hydrogens (tertiary/aromatic N) is 1. The number of ether oxygens (including phenoxy) is 2. The van der Waals surface area contributed by atoms with Crippen LogP contribution < -0.4 is 14.8 Å². The molecule has 0 bridgehead atoms. The van der Waals surface area contributed by atoms with E-state index in [2.05, 4.69) is 11.4 Å². The number of hydrogen-bond donors (Lipinski definition) is 1. The van der Waals surface area contributed by atoms with E-state index in [0.29, 0.717) is 40.5 Å². The molecule has 0 amide bonds. The van der Waals surface area contributed by atoms with Crippen LogP contribution in [0.4, 0.5) is 0 Å². The van der Waals surface area contributed by atoms with E-state index in [-0.39, 0.29) is 11.7 Å². The minimum Gasteiger partial charge on any atom is -0.493 e. The van der Waals surface area contributed by atoms with E-state index >= 15 is 0 Å². The molecule has 158 valence electrons. The maximum atomic E-state index is 13.4. The Morgan fingerprint density at radius 3 is 2.35 bits per heavy atom. The highest BCUT2D eigenvalue weighted by Gasteiger charge is 2.39. The van der Waals surface area contributed by atoms with Crippen molar-refractivity contribution in [2.24, 2.45) is 0 Å². The van der Waals surface area contributed by atoms with Crippen molar-refractivity contribution in [2.75, 3.05) is 14.2 Å². The Bertz CT molecular complexity index is 1140. The summed E-state index contributed by atoms with van der Waals surface area (Å²) < 4.78 is 10.8. The predicted octanol–water partition coefficient (Wildman–Crippen LogP) is 5.24. The van der Waals surface area contributed by atoms with Crippen LogP contribution in [0.5, 0.6) is 11.5 Å². The first-order valence-corrected chi connectivity index (χ1v) is 10.5. The zero-order valence-corrected chi connectivity index (χ0v) is 18.4. The third kappa shape index (κ3) is 3.80. The van der Waals surface area contributed by atoms with Gasteiger partial charge in [-0.3, -0.25) is 4.79 Å². The fourth-order valence-corrected chi connectivity index (χ4v) is 4.65. The number of dihydropyridines is 1. The standard InChI is InChI=1S/C25H23ClN2O3/c1-14-19(13-27)24(16-6-9-22(30-2)23(12-16)31-3)25-20(28-14)10-17(11-21(25)29)15-4-7-18(26)8-5-15/h4-9,12,17,24,28H,10-11H2,1-3H3/t17-,24+/m0/s1. The first kappa shape index (κ1) is 21.0. The number of ketones is 1. The van der Waals surface area contributed by atoms with Crippen molar-refractivity contribution in [3.8, 4) is 17.6 Å². The number of benzene rings is 2. The molecule has 0 saturated carbocycles. The van der Waals surface area contributed by atoms with E-state index < -0.39 is 5.92 Å². The summed E-state index contributed by atoms with van der Waals surface area (Å²) in [5.74, 6) is 0.858. The van der Waals surface area contributed by atoms with Crippen LogP contribution in [0, 0.1) is 11.3 Å². The van der Waals surface area contributed by atoms with Gasteiger partial charge in [-0.15, -0.1) is 0 Å². The lowest BCUT2D eigenvalue weighted by Gasteiger charge is -2.35. The Morgan fingerprint density at radius 2 is 1.71 bits per heavy atom. The molecular weight excluding hydrogens is 412 g/mol.